The van der Waals surface area contributed by atoms with Gasteiger partial charge in [-0.05, 0) is 32.2 Å². The Bertz CT molecular complexity index is 557. The van der Waals surface area contributed by atoms with Gasteiger partial charge in [-0.3, -0.25) is 0 Å². The third kappa shape index (κ3) is 2.85. The molecule has 0 aliphatic rings. The first-order chi connectivity index (χ1) is 9.19. The van der Waals surface area contributed by atoms with Gasteiger partial charge in [0.2, 0.25) is 0 Å². The van der Waals surface area contributed by atoms with Crippen molar-refractivity contribution in [3.8, 4) is 22.1 Å². The SMILES string of the molecule is CNC(C)c1nnc(-c2ccc(OC)c(OC)c2)s1. The summed E-state index contributed by atoms with van der Waals surface area (Å²) in [5.74, 6) is 1.40. The van der Waals surface area contributed by atoms with Gasteiger partial charge in [0, 0.05) is 5.56 Å². The number of hydrogen-bond acceptors (Lipinski definition) is 6. The number of ether oxygens (including phenoxy) is 2. The molecule has 1 atom stereocenters. The quantitative estimate of drug-likeness (QED) is 0.911. The van der Waals surface area contributed by atoms with Crippen molar-refractivity contribution in [3.05, 3.63) is 23.2 Å². The minimum Gasteiger partial charge on any atom is -0.493 e. The number of nitrogens with one attached hydrogen (secondary N) is 1. The fourth-order valence-corrected chi connectivity index (χ4v) is 2.52. The number of benzene rings is 1. The zero-order valence-corrected chi connectivity index (χ0v) is 12.2. The van der Waals surface area contributed by atoms with Gasteiger partial charge in [-0.15, -0.1) is 10.2 Å². The Morgan fingerprint density at radius 3 is 2.53 bits per heavy atom. The third-order valence-electron chi connectivity index (χ3n) is 2.87. The summed E-state index contributed by atoms with van der Waals surface area (Å²) in [5, 5.41) is 13.4. The van der Waals surface area contributed by atoms with Crippen LogP contribution in [-0.4, -0.2) is 31.5 Å². The molecule has 6 heteroatoms. The van der Waals surface area contributed by atoms with E-state index in [0.717, 1.165) is 15.6 Å². The smallest absolute Gasteiger partial charge is 0.161 e. The standard InChI is InChI=1S/C13H17N3O2S/c1-8(14-2)12-15-16-13(19-12)9-5-6-10(17-3)11(7-9)18-4/h5-8,14H,1-4H3. The van der Waals surface area contributed by atoms with E-state index in [0.29, 0.717) is 11.5 Å². The Balaban J connectivity index is 2.34. The van der Waals surface area contributed by atoms with Crippen LogP contribution in [0.2, 0.25) is 0 Å². The van der Waals surface area contributed by atoms with E-state index in [-0.39, 0.29) is 6.04 Å². The van der Waals surface area contributed by atoms with E-state index >= 15 is 0 Å². The Morgan fingerprint density at radius 1 is 1.16 bits per heavy atom. The van der Waals surface area contributed by atoms with Crippen molar-refractivity contribution in [2.45, 2.75) is 13.0 Å². The van der Waals surface area contributed by atoms with Crippen LogP contribution in [0.25, 0.3) is 10.6 Å². The van der Waals surface area contributed by atoms with Gasteiger partial charge in [0.1, 0.15) is 10.0 Å². The van der Waals surface area contributed by atoms with Crippen LogP contribution < -0.4 is 14.8 Å². The van der Waals surface area contributed by atoms with Gasteiger partial charge < -0.3 is 14.8 Å². The number of hydrogen-bond donors (Lipinski definition) is 1. The average Bonchev–Trinajstić information content (AvgIpc) is 2.95. The predicted molar refractivity (Wildman–Crippen MR) is 75.9 cm³/mol. The molecule has 0 bridgehead atoms. The zero-order valence-electron chi connectivity index (χ0n) is 11.4. The highest BCUT2D eigenvalue weighted by atomic mass is 32.1. The van der Waals surface area contributed by atoms with E-state index in [2.05, 4.69) is 22.4 Å². The Morgan fingerprint density at radius 2 is 1.89 bits per heavy atom. The summed E-state index contributed by atoms with van der Waals surface area (Å²) in [4.78, 5) is 0. The van der Waals surface area contributed by atoms with Crippen LogP contribution in [0.3, 0.4) is 0 Å². The summed E-state index contributed by atoms with van der Waals surface area (Å²) in [6, 6.07) is 5.94. The van der Waals surface area contributed by atoms with E-state index in [1.54, 1.807) is 25.6 Å². The second-order valence-electron chi connectivity index (χ2n) is 4.03. The maximum absolute atomic E-state index is 5.29. The number of rotatable bonds is 5. The van der Waals surface area contributed by atoms with Crippen LogP contribution >= 0.6 is 11.3 Å². The number of methoxy groups -OCH3 is 2. The van der Waals surface area contributed by atoms with Crippen LogP contribution in [0.1, 0.15) is 18.0 Å². The summed E-state index contributed by atoms with van der Waals surface area (Å²) in [6.45, 7) is 2.05. The van der Waals surface area contributed by atoms with Crippen molar-refractivity contribution in [1.82, 2.24) is 15.5 Å². The van der Waals surface area contributed by atoms with Crippen LogP contribution in [-0.2, 0) is 0 Å². The normalized spacial score (nSPS) is 12.2. The molecule has 19 heavy (non-hydrogen) atoms. The van der Waals surface area contributed by atoms with Crippen LogP contribution in [0.15, 0.2) is 18.2 Å². The lowest BCUT2D eigenvalue weighted by atomic mass is 10.2. The molecule has 1 N–H and O–H groups in total. The molecule has 0 aliphatic carbocycles. The first-order valence-corrected chi connectivity index (χ1v) is 6.74. The summed E-state index contributed by atoms with van der Waals surface area (Å²) >= 11 is 1.57. The summed E-state index contributed by atoms with van der Waals surface area (Å²) < 4.78 is 10.5. The summed E-state index contributed by atoms with van der Waals surface area (Å²) in [5.41, 5.74) is 0.977. The van der Waals surface area contributed by atoms with Gasteiger partial charge in [0.25, 0.3) is 0 Å². The molecular weight excluding hydrogens is 262 g/mol. The molecule has 0 fully saturated rings. The maximum atomic E-state index is 5.29. The highest BCUT2D eigenvalue weighted by Crippen LogP contribution is 2.34. The molecule has 1 unspecified atom stereocenters. The molecule has 1 heterocycles. The molecule has 102 valence electrons. The Hall–Kier alpha value is -1.66. The highest BCUT2D eigenvalue weighted by molar-refractivity contribution is 7.14. The fourth-order valence-electron chi connectivity index (χ4n) is 1.62. The van der Waals surface area contributed by atoms with Crippen molar-refractivity contribution in [2.75, 3.05) is 21.3 Å². The summed E-state index contributed by atoms with van der Waals surface area (Å²) in [7, 11) is 5.15. The molecule has 0 saturated heterocycles. The minimum atomic E-state index is 0.200. The monoisotopic (exact) mass is 279 g/mol. The number of aromatic nitrogens is 2. The third-order valence-corrected chi connectivity index (χ3v) is 4.03. The molecular formula is C13H17N3O2S. The van der Waals surface area contributed by atoms with E-state index in [4.69, 9.17) is 9.47 Å². The van der Waals surface area contributed by atoms with Gasteiger partial charge in [-0.2, -0.15) is 0 Å². The molecule has 0 spiro atoms. The number of nitrogens with zero attached hydrogens (tertiary/aromatic N) is 2. The van der Waals surface area contributed by atoms with E-state index in [1.807, 2.05) is 25.2 Å². The predicted octanol–water partition coefficient (Wildman–Crippen LogP) is 2.50. The molecule has 2 aromatic rings. The van der Waals surface area contributed by atoms with Crippen molar-refractivity contribution < 1.29 is 9.47 Å². The van der Waals surface area contributed by atoms with Gasteiger partial charge in [-0.1, -0.05) is 11.3 Å². The average molecular weight is 279 g/mol. The van der Waals surface area contributed by atoms with Gasteiger partial charge in [0.15, 0.2) is 11.5 Å². The van der Waals surface area contributed by atoms with E-state index in [9.17, 15) is 0 Å². The van der Waals surface area contributed by atoms with E-state index in [1.165, 1.54) is 0 Å². The van der Waals surface area contributed by atoms with E-state index < -0.39 is 0 Å². The molecule has 5 nitrogen and oxygen atoms in total. The molecule has 0 saturated carbocycles. The second kappa shape index (κ2) is 5.99. The van der Waals surface area contributed by atoms with Crippen LogP contribution in [0, 0.1) is 0 Å². The Kier molecular flexibility index (Phi) is 4.34. The molecule has 1 aromatic carbocycles. The first kappa shape index (κ1) is 13.8. The summed E-state index contributed by atoms with van der Waals surface area (Å²) in [6.07, 6.45) is 0. The van der Waals surface area contributed by atoms with Gasteiger partial charge in [-0.25, -0.2) is 0 Å². The lowest BCUT2D eigenvalue weighted by Crippen LogP contribution is -2.11. The second-order valence-corrected chi connectivity index (χ2v) is 5.03. The lowest BCUT2D eigenvalue weighted by Gasteiger charge is -2.08. The van der Waals surface area contributed by atoms with Crippen molar-refractivity contribution in [3.63, 3.8) is 0 Å². The van der Waals surface area contributed by atoms with Crippen LogP contribution in [0.4, 0.5) is 0 Å². The highest BCUT2D eigenvalue weighted by Gasteiger charge is 2.13. The molecule has 1 aromatic heterocycles. The lowest BCUT2D eigenvalue weighted by molar-refractivity contribution is 0.355. The molecule has 0 aliphatic heterocycles. The minimum absolute atomic E-state index is 0.200. The van der Waals surface area contributed by atoms with Crippen molar-refractivity contribution >= 4 is 11.3 Å². The molecule has 0 radical (unpaired) electrons. The Labute approximate surface area is 116 Å². The fraction of sp³-hybridized carbons (Fsp3) is 0.385. The maximum Gasteiger partial charge on any atom is 0.161 e. The van der Waals surface area contributed by atoms with Crippen molar-refractivity contribution in [2.24, 2.45) is 0 Å². The van der Waals surface area contributed by atoms with Gasteiger partial charge in [0.05, 0.1) is 20.3 Å². The zero-order chi connectivity index (χ0) is 13.8. The topological polar surface area (TPSA) is 56.3 Å². The van der Waals surface area contributed by atoms with Crippen molar-refractivity contribution in [1.29, 1.82) is 0 Å². The van der Waals surface area contributed by atoms with Crippen LogP contribution in [0.5, 0.6) is 11.5 Å². The first-order valence-electron chi connectivity index (χ1n) is 5.92. The molecule has 0 amide bonds. The molecule has 2 rings (SSSR count). The van der Waals surface area contributed by atoms with Gasteiger partial charge >= 0.3 is 0 Å². The largest absolute Gasteiger partial charge is 0.493 e.